The highest BCUT2D eigenvalue weighted by Crippen LogP contribution is 2.19. The number of fused-ring (bicyclic) bond motifs is 1. The van der Waals surface area contributed by atoms with Crippen LogP contribution < -0.4 is 11.2 Å². The lowest BCUT2D eigenvalue weighted by Crippen LogP contribution is -2.29. The minimum Gasteiger partial charge on any atom is -0.273 e. The highest BCUT2D eigenvalue weighted by atomic mass is 32.2. The second-order valence-corrected chi connectivity index (χ2v) is 5.05. The number of aromatic amines is 1. The van der Waals surface area contributed by atoms with Crippen LogP contribution in [-0.2, 0) is 0 Å². The van der Waals surface area contributed by atoms with E-state index < -0.39 is 11.2 Å². The molecule has 2 heterocycles. The molecule has 2 aromatic heterocycles. The lowest BCUT2D eigenvalue weighted by atomic mass is 10.3. The van der Waals surface area contributed by atoms with Gasteiger partial charge in [0.25, 0.3) is 5.56 Å². The van der Waals surface area contributed by atoms with Gasteiger partial charge in [0.2, 0.25) is 0 Å². The highest BCUT2D eigenvalue weighted by Gasteiger charge is 2.10. The van der Waals surface area contributed by atoms with Crippen LogP contribution in [0.5, 0.6) is 0 Å². The van der Waals surface area contributed by atoms with Crippen molar-refractivity contribution in [2.24, 2.45) is 0 Å². The van der Waals surface area contributed by atoms with Gasteiger partial charge in [0.1, 0.15) is 0 Å². The third-order valence-corrected chi connectivity index (χ3v) is 3.70. The maximum Gasteiger partial charge on any atom is 0.334 e. The number of thioether (sulfide) groups is 1. The Morgan fingerprint density at radius 2 is 2.05 bits per heavy atom. The van der Waals surface area contributed by atoms with Crippen molar-refractivity contribution >= 4 is 22.8 Å². The smallest absolute Gasteiger partial charge is 0.273 e. The molecule has 0 fully saturated rings. The zero-order chi connectivity index (χ0) is 14.1. The normalized spacial score (nSPS) is 10.8. The molecule has 0 radical (unpaired) electrons. The van der Waals surface area contributed by atoms with E-state index in [1.165, 1.54) is 4.57 Å². The number of nitrogens with one attached hydrogen (secondary N) is 1. The van der Waals surface area contributed by atoms with E-state index in [9.17, 15) is 9.59 Å². The fraction of sp³-hybridized carbons (Fsp3) is 0.0714. The van der Waals surface area contributed by atoms with Crippen molar-refractivity contribution in [1.29, 1.82) is 0 Å². The molecular weight excluding hydrogens is 274 g/mol. The Morgan fingerprint density at radius 1 is 1.20 bits per heavy atom. The van der Waals surface area contributed by atoms with E-state index in [0.29, 0.717) is 16.7 Å². The van der Waals surface area contributed by atoms with E-state index in [2.05, 4.69) is 9.97 Å². The maximum atomic E-state index is 12.1. The van der Waals surface area contributed by atoms with Crippen molar-refractivity contribution in [3.05, 3.63) is 63.4 Å². The van der Waals surface area contributed by atoms with Gasteiger partial charge in [-0.05, 0) is 36.6 Å². The second kappa shape index (κ2) is 4.97. The summed E-state index contributed by atoms with van der Waals surface area (Å²) in [6.45, 7) is 0. The minimum absolute atomic E-state index is 0.361. The molecule has 1 N–H and O–H groups in total. The predicted octanol–water partition coefficient (Wildman–Crippen LogP) is 1.80. The van der Waals surface area contributed by atoms with Gasteiger partial charge in [-0.25, -0.2) is 14.3 Å². The van der Waals surface area contributed by atoms with E-state index >= 15 is 0 Å². The summed E-state index contributed by atoms with van der Waals surface area (Å²) in [4.78, 5) is 31.4. The monoisotopic (exact) mass is 285 g/mol. The summed E-state index contributed by atoms with van der Waals surface area (Å²) in [5, 5.41) is 0.390. The molecule has 0 amide bonds. The zero-order valence-corrected chi connectivity index (χ0v) is 11.5. The van der Waals surface area contributed by atoms with Gasteiger partial charge in [-0.15, -0.1) is 11.8 Å². The molecule has 100 valence electrons. The number of hydrogen-bond acceptors (Lipinski definition) is 4. The Morgan fingerprint density at radius 3 is 2.85 bits per heavy atom. The number of rotatable bonds is 2. The Kier molecular flexibility index (Phi) is 3.15. The lowest BCUT2D eigenvalue weighted by Gasteiger charge is -2.09. The second-order valence-electron chi connectivity index (χ2n) is 4.17. The first-order valence-electron chi connectivity index (χ1n) is 5.95. The van der Waals surface area contributed by atoms with Crippen molar-refractivity contribution in [1.82, 2.24) is 14.5 Å². The molecule has 1 aromatic carbocycles. The number of aromatic nitrogens is 3. The molecule has 6 heteroatoms. The highest BCUT2D eigenvalue weighted by molar-refractivity contribution is 7.98. The molecule has 3 aromatic rings. The summed E-state index contributed by atoms with van der Waals surface area (Å²) in [5.74, 6) is 0. The SMILES string of the molecule is CSc1cccc(-n2c(=O)[nH]c(=O)c3cccnc32)c1. The number of H-pyrrole nitrogens is 1. The van der Waals surface area contributed by atoms with E-state index in [1.807, 2.05) is 30.5 Å². The van der Waals surface area contributed by atoms with Crippen LogP contribution in [0.4, 0.5) is 0 Å². The minimum atomic E-state index is -0.487. The van der Waals surface area contributed by atoms with Gasteiger partial charge in [-0.3, -0.25) is 9.78 Å². The molecule has 0 atom stereocenters. The van der Waals surface area contributed by atoms with Crippen molar-refractivity contribution in [3.8, 4) is 5.69 Å². The van der Waals surface area contributed by atoms with Gasteiger partial charge in [0.15, 0.2) is 5.65 Å². The fourth-order valence-electron chi connectivity index (χ4n) is 2.06. The summed E-state index contributed by atoms with van der Waals surface area (Å²) >= 11 is 1.58. The van der Waals surface area contributed by atoms with E-state index in [0.717, 1.165) is 4.90 Å². The molecular formula is C14H11N3O2S. The molecule has 0 spiro atoms. The van der Waals surface area contributed by atoms with Crippen molar-refractivity contribution in [3.63, 3.8) is 0 Å². The van der Waals surface area contributed by atoms with Crippen molar-refractivity contribution in [2.75, 3.05) is 6.26 Å². The quantitative estimate of drug-likeness (QED) is 0.729. The molecule has 20 heavy (non-hydrogen) atoms. The molecule has 0 bridgehead atoms. The molecule has 0 saturated heterocycles. The maximum absolute atomic E-state index is 12.1. The molecule has 5 nitrogen and oxygen atoms in total. The van der Waals surface area contributed by atoms with Crippen LogP contribution in [0, 0.1) is 0 Å². The van der Waals surface area contributed by atoms with E-state index in [-0.39, 0.29) is 0 Å². The molecule has 0 aliphatic rings. The fourth-order valence-corrected chi connectivity index (χ4v) is 2.51. The zero-order valence-electron chi connectivity index (χ0n) is 10.7. The number of pyridine rings is 1. The van der Waals surface area contributed by atoms with Crippen LogP contribution in [-0.4, -0.2) is 20.8 Å². The molecule has 0 saturated carbocycles. The van der Waals surface area contributed by atoms with Crippen LogP contribution in [0.2, 0.25) is 0 Å². The van der Waals surface area contributed by atoms with Crippen molar-refractivity contribution < 1.29 is 0 Å². The van der Waals surface area contributed by atoms with E-state index in [1.54, 1.807) is 30.1 Å². The third-order valence-electron chi connectivity index (χ3n) is 2.98. The summed E-state index contributed by atoms with van der Waals surface area (Å²) in [5.41, 5.74) is 0.135. The number of nitrogens with zero attached hydrogens (tertiary/aromatic N) is 2. The lowest BCUT2D eigenvalue weighted by molar-refractivity contribution is 0.922. The first kappa shape index (κ1) is 12.7. The summed E-state index contributed by atoms with van der Waals surface area (Å²) in [7, 11) is 0. The van der Waals surface area contributed by atoms with Crippen LogP contribution in [0.25, 0.3) is 16.7 Å². The van der Waals surface area contributed by atoms with Crippen LogP contribution >= 0.6 is 11.8 Å². The standard InChI is InChI=1S/C14H11N3O2S/c1-20-10-5-2-4-9(8-10)17-12-11(6-3-7-15-12)13(18)16-14(17)19/h2-8H,1H3,(H,16,18,19). The average molecular weight is 285 g/mol. The summed E-state index contributed by atoms with van der Waals surface area (Å²) < 4.78 is 1.41. The third kappa shape index (κ3) is 2.04. The van der Waals surface area contributed by atoms with Crippen LogP contribution in [0.3, 0.4) is 0 Å². The number of hydrogen-bond donors (Lipinski definition) is 1. The average Bonchev–Trinajstić information content (AvgIpc) is 2.47. The Bertz CT molecular complexity index is 899. The van der Waals surface area contributed by atoms with Gasteiger partial charge in [-0.1, -0.05) is 6.07 Å². The molecule has 0 unspecified atom stereocenters. The Hall–Kier alpha value is -2.34. The van der Waals surface area contributed by atoms with Crippen LogP contribution in [0.15, 0.2) is 57.1 Å². The van der Waals surface area contributed by atoms with Gasteiger partial charge in [0, 0.05) is 11.1 Å². The van der Waals surface area contributed by atoms with E-state index in [4.69, 9.17) is 0 Å². The summed E-state index contributed by atoms with van der Waals surface area (Å²) in [6, 6.07) is 10.8. The molecule has 3 rings (SSSR count). The number of benzene rings is 1. The largest absolute Gasteiger partial charge is 0.334 e. The molecule has 0 aliphatic heterocycles. The summed E-state index contributed by atoms with van der Waals surface area (Å²) in [6.07, 6.45) is 3.53. The molecule has 0 aliphatic carbocycles. The first-order chi connectivity index (χ1) is 9.70. The van der Waals surface area contributed by atoms with Gasteiger partial charge in [0.05, 0.1) is 11.1 Å². The van der Waals surface area contributed by atoms with Gasteiger partial charge >= 0.3 is 5.69 Å². The first-order valence-corrected chi connectivity index (χ1v) is 7.17. The van der Waals surface area contributed by atoms with Gasteiger partial charge < -0.3 is 0 Å². The van der Waals surface area contributed by atoms with Crippen molar-refractivity contribution in [2.45, 2.75) is 4.90 Å². The Balaban J connectivity index is 2.41. The predicted molar refractivity (Wildman–Crippen MR) is 79.7 cm³/mol. The van der Waals surface area contributed by atoms with Gasteiger partial charge in [-0.2, -0.15) is 0 Å². The Labute approximate surface area is 118 Å². The topological polar surface area (TPSA) is 67.8 Å². The van der Waals surface area contributed by atoms with Crippen LogP contribution in [0.1, 0.15) is 0 Å².